The zero-order chi connectivity index (χ0) is 15.0. The summed E-state index contributed by atoms with van der Waals surface area (Å²) in [6.45, 7) is 12.2. The fourth-order valence-corrected chi connectivity index (χ4v) is 2.55. The van der Waals surface area contributed by atoms with Gasteiger partial charge in [-0.25, -0.2) is 0 Å². The van der Waals surface area contributed by atoms with Gasteiger partial charge >= 0.3 is 0 Å². The number of carbonyl (C=O) groups excluding carboxylic acids is 1. The molecule has 0 aromatic carbocycles. The molecule has 2 atom stereocenters. The van der Waals surface area contributed by atoms with E-state index in [0.29, 0.717) is 0 Å². The van der Waals surface area contributed by atoms with Crippen LogP contribution in [0.25, 0.3) is 0 Å². The van der Waals surface area contributed by atoms with E-state index in [9.17, 15) is 4.79 Å². The summed E-state index contributed by atoms with van der Waals surface area (Å²) in [6, 6.07) is 0.233. The average molecular weight is 284 g/mol. The molecule has 1 heterocycles. The van der Waals surface area contributed by atoms with Gasteiger partial charge in [0.05, 0.1) is 6.04 Å². The molecule has 0 spiro atoms. The summed E-state index contributed by atoms with van der Waals surface area (Å²) in [5, 5.41) is 3.08. The predicted octanol–water partition coefficient (Wildman–Crippen LogP) is 0.646. The third-order valence-electron chi connectivity index (χ3n) is 4.23. The van der Waals surface area contributed by atoms with Crippen molar-refractivity contribution in [1.29, 1.82) is 0 Å². The molecule has 3 N–H and O–H groups in total. The average Bonchev–Trinajstić information content (AvgIpc) is 2.69. The van der Waals surface area contributed by atoms with Gasteiger partial charge in [0.1, 0.15) is 0 Å². The normalized spacial score (nSPS) is 21.2. The van der Waals surface area contributed by atoms with Crippen LogP contribution in [0.15, 0.2) is 0 Å². The summed E-state index contributed by atoms with van der Waals surface area (Å²) in [7, 11) is 0. The molecule has 0 saturated carbocycles. The third kappa shape index (κ3) is 5.77. The van der Waals surface area contributed by atoms with E-state index in [1.165, 1.54) is 0 Å². The molecule has 118 valence electrons. The van der Waals surface area contributed by atoms with E-state index in [0.717, 1.165) is 58.5 Å². The lowest BCUT2D eigenvalue weighted by atomic mass is 10.2. The van der Waals surface area contributed by atoms with E-state index in [1.54, 1.807) is 0 Å². The lowest BCUT2D eigenvalue weighted by Crippen LogP contribution is -2.48. The molecule has 5 heteroatoms. The van der Waals surface area contributed by atoms with Gasteiger partial charge in [-0.2, -0.15) is 0 Å². The molecule has 2 unspecified atom stereocenters. The van der Waals surface area contributed by atoms with Crippen LogP contribution in [0.3, 0.4) is 0 Å². The molecular formula is C15H32N4O. The van der Waals surface area contributed by atoms with Gasteiger partial charge in [-0.1, -0.05) is 6.92 Å². The number of carbonyl (C=O) groups is 1. The summed E-state index contributed by atoms with van der Waals surface area (Å²) in [5.74, 6) is 0.162. The van der Waals surface area contributed by atoms with Crippen LogP contribution in [0, 0.1) is 0 Å². The summed E-state index contributed by atoms with van der Waals surface area (Å²) in [5.41, 5.74) is 5.57. The molecule has 1 aliphatic heterocycles. The highest BCUT2D eigenvalue weighted by atomic mass is 16.2. The van der Waals surface area contributed by atoms with Gasteiger partial charge in [0.2, 0.25) is 5.91 Å². The number of nitrogens with zero attached hydrogens (tertiary/aromatic N) is 2. The smallest absolute Gasteiger partial charge is 0.237 e. The fraction of sp³-hybridized carbons (Fsp3) is 0.933. The van der Waals surface area contributed by atoms with Crippen LogP contribution in [0.2, 0.25) is 0 Å². The Hall–Kier alpha value is -0.650. The summed E-state index contributed by atoms with van der Waals surface area (Å²) < 4.78 is 0. The van der Waals surface area contributed by atoms with E-state index < -0.39 is 0 Å². The standard InChI is InChI=1S/C15H32N4O/c1-4-13(2)17-15(20)14(3)19-10-6-9-18(11-12-19)8-5-7-16/h13-14H,4-12,16H2,1-3H3,(H,17,20). The Balaban J connectivity index is 2.41. The van der Waals surface area contributed by atoms with Gasteiger partial charge in [0.15, 0.2) is 0 Å². The predicted molar refractivity (Wildman–Crippen MR) is 83.7 cm³/mol. The van der Waals surface area contributed by atoms with E-state index in [2.05, 4.69) is 29.0 Å². The van der Waals surface area contributed by atoms with Crippen molar-refractivity contribution in [3.8, 4) is 0 Å². The number of hydrogen-bond donors (Lipinski definition) is 2. The summed E-state index contributed by atoms with van der Waals surface area (Å²) in [6.07, 6.45) is 3.17. The Morgan fingerprint density at radius 3 is 2.65 bits per heavy atom. The van der Waals surface area contributed by atoms with Gasteiger partial charge in [0, 0.05) is 25.7 Å². The molecule has 1 saturated heterocycles. The Kier molecular flexibility index (Phi) is 8.11. The van der Waals surface area contributed by atoms with Crippen molar-refractivity contribution in [2.45, 2.75) is 52.1 Å². The van der Waals surface area contributed by atoms with Gasteiger partial charge < -0.3 is 16.0 Å². The Morgan fingerprint density at radius 1 is 1.25 bits per heavy atom. The maximum Gasteiger partial charge on any atom is 0.237 e. The molecule has 1 amide bonds. The van der Waals surface area contributed by atoms with Crippen molar-refractivity contribution in [2.75, 3.05) is 39.3 Å². The molecule has 0 bridgehead atoms. The molecular weight excluding hydrogens is 252 g/mol. The minimum absolute atomic E-state index is 0.0292. The first-order valence-electron chi connectivity index (χ1n) is 8.05. The lowest BCUT2D eigenvalue weighted by molar-refractivity contribution is -0.126. The third-order valence-corrected chi connectivity index (χ3v) is 4.23. The van der Waals surface area contributed by atoms with Crippen molar-refractivity contribution >= 4 is 5.91 Å². The SMILES string of the molecule is CCC(C)NC(=O)C(C)N1CCCN(CCCN)CC1. The minimum atomic E-state index is -0.0292. The van der Waals surface area contributed by atoms with E-state index in [1.807, 2.05) is 6.92 Å². The topological polar surface area (TPSA) is 61.6 Å². The number of hydrogen-bond acceptors (Lipinski definition) is 4. The van der Waals surface area contributed by atoms with Crippen LogP contribution in [0.4, 0.5) is 0 Å². The van der Waals surface area contributed by atoms with E-state index >= 15 is 0 Å². The van der Waals surface area contributed by atoms with Crippen molar-refractivity contribution in [3.05, 3.63) is 0 Å². The van der Waals surface area contributed by atoms with Gasteiger partial charge in [0.25, 0.3) is 0 Å². The zero-order valence-corrected chi connectivity index (χ0v) is 13.4. The Bertz CT molecular complexity index is 285. The lowest BCUT2D eigenvalue weighted by Gasteiger charge is -2.28. The van der Waals surface area contributed by atoms with Crippen molar-refractivity contribution in [3.63, 3.8) is 0 Å². The highest BCUT2D eigenvalue weighted by Gasteiger charge is 2.24. The van der Waals surface area contributed by atoms with Crippen LogP contribution in [-0.4, -0.2) is 67.1 Å². The number of rotatable bonds is 7. The molecule has 1 rings (SSSR count). The Labute approximate surface area is 123 Å². The summed E-state index contributed by atoms with van der Waals surface area (Å²) in [4.78, 5) is 17.0. The first-order chi connectivity index (χ1) is 9.58. The number of nitrogens with two attached hydrogens (primary N) is 1. The second kappa shape index (κ2) is 9.32. The second-order valence-electron chi connectivity index (χ2n) is 5.87. The van der Waals surface area contributed by atoms with E-state index in [-0.39, 0.29) is 18.0 Å². The van der Waals surface area contributed by atoms with Crippen molar-refractivity contribution in [1.82, 2.24) is 15.1 Å². The second-order valence-corrected chi connectivity index (χ2v) is 5.87. The molecule has 20 heavy (non-hydrogen) atoms. The molecule has 5 nitrogen and oxygen atoms in total. The maximum absolute atomic E-state index is 12.2. The number of nitrogens with one attached hydrogen (secondary N) is 1. The first kappa shape index (κ1) is 17.4. The van der Waals surface area contributed by atoms with Crippen LogP contribution in [-0.2, 0) is 4.79 Å². The van der Waals surface area contributed by atoms with Gasteiger partial charge in [-0.15, -0.1) is 0 Å². The number of amides is 1. The molecule has 0 aromatic rings. The molecule has 0 aromatic heterocycles. The quantitative estimate of drug-likeness (QED) is 0.720. The minimum Gasteiger partial charge on any atom is -0.352 e. The van der Waals surface area contributed by atoms with E-state index in [4.69, 9.17) is 5.73 Å². The van der Waals surface area contributed by atoms with Gasteiger partial charge in [-0.3, -0.25) is 9.69 Å². The molecule has 0 radical (unpaired) electrons. The Morgan fingerprint density at radius 2 is 2.00 bits per heavy atom. The first-order valence-corrected chi connectivity index (χ1v) is 8.05. The van der Waals surface area contributed by atoms with Crippen LogP contribution >= 0.6 is 0 Å². The zero-order valence-electron chi connectivity index (χ0n) is 13.4. The monoisotopic (exact) mass is 284 g/mol. The summed E-state index contributed by atoms with van der Waals surface area (Å²) >= 11 is 0. The fourth-order valence-electron chi connectivity index (χ4n) is 2.55. The maximum atomic E-state index is 12.2. The molecule has 1 aliphatic rings. The molecule has 0 aliphatic carbocycles. The van der Waals surface area contributed by atoms with Crippen LogP contribution < -0.4 is 11.1 Å². The van der Waals surface area contributed by atoms with Crippen LogP contribution in [0.1, 0.15) is 40.0 Å². The van der Waals surface area contributed by atoms with Crippen LogP contribution in [0.5, 0.6) is 0 Å². The van der Waals surface area contributed by atoms with Crippen molar-refractivity contribution in [2.24, 2.45) is 5.73 Å². The highest BCUT2D eigenvalue weighted by molar-refractivity contribution is 5.81. The highest BCUT2D eigenvalue weighted by Crippen LogP contribution is 2.08. The largest absolute Gasteiger partial charge is 0.352 e. The van der Waals surface area contributed by atoms with Gasteiger partial charge in [-0.05, 0) is 52.7 Å². The molecule has 1 fully saturated rings. The van der Waals surface area contributed by atoms with Crippen molar-refractivity contribution < 1.29 is 4.79 Å².